The van der Waals surface area contributed by atoms with E-state index in [-0.39, 0.29) is 18.8 Å². The fourth-order valence-electron chi connectivity index (χ4n) is 2.54. The monoisotopic (exact) mass is 268 g/mol. The fraction of sp³-hybridized carbons (Fsp3) is 0.769. The van der Waals surface area contributed by atoms with Gasteiger partial charge in [-0.05, 0) is 12.8 Å². The zero-order valence-corrected chi connectivity index (χ0v) is 12.1. The molecule has 108 valence electrons. The Bertz CT molecular complexity index is 444. The molecule has 0 amide bonds. The molecule has 1 fully saturated rings. The number of aliphatic hydroxyl groups excluding tert-OH is 1. The maximum Gasteiger partial charge on any atom is 0.150 e. The van der Waals surface area contributed by atoms with Crippen molar-refractivity contribution in [2.45, 2.75) is 38.8 Å². The van der Waals surface area contributed by atoms with Crippen LogP contribution in [-0.2, 0) is 11.8 Å². The Labute approximate surface area is 114 Å². The second-order valence-electron chi connectivity index (χ2n) is 5.54. The highest BCUT2D eigenvalue weighted by Gasteiger charge is 2.30. The van der Waals surface area contributed by atoms with Crippen LogP contribution in [0.2, 0.25) is 0 Å². The van der Waals surface area contributed by atoms with Crippen LogP contribution in [-0.4, -0.2) is 46.8 Å². The van der Waals surface area contributed by atoms with Gasteiger partial charge in [0.15, 0.2) is 5.82 Å². The number of nitrogens with zero attached hydrogens (tertiary/aromatic N) is 3. The van der Waals surface area contributed by atoms with E-state index in [9.17, 15) is 5.11 Å². The maximum atomic E-state index is 9.27. The standard InChI is InChI=1S/C13H24N4O2/c1-8(2)12-11(14)13(16(4)15-12)17-5-10(6-18)19-7-9(17)3/h8-10,18H,5-7,14H2,1-4H3. The molecule has 19 heavy (non-hydrogen) atoms. The predicted octanol–water partition coefficient (Wildman–Crippen LogP) is 0.712. The first-order valence-electron chi connectivity index (χ1n) is 6.77. The number of aliphatic hydroxyl groups is 1. The Hall–Kier alpha value is -1.27. The lowest BCUT2D eigenvalue weighted by molar-refractivity contribution is -0.0107. The third-order valence-electron chi connectivity index (χ3n) is 3.61. The smallest absolute Gasteiger partial charge is 0.150 e. The minimum atomic E-state index is -0.159. The minimum absolute atomic E-state index is 0.0258. The first-order valence-corrected chi connectivity index (χ1v) is 6.77. The molecule has 0 bridgehead atoms. The summed E-state index contributed by atoms with van der Waals surface area (Å²) in [7, 11) is 1.91. The van der Waals surface area contributed by atoms with E-state index in [1.165, 1.54) is 0 Å². The summed E-state index contributed by atoms with van der Waals surface area (Å²) in [5.74, 6) is 1.22. The van der Waals surface area contributed by atoms with Gasteiger partial charge < -0.3 is 20.5 Å². The molecule has 0 radical (unpaired) electrons. The average Bonchev–Trinajstić information content (AvgIpc) is 2.66. The molecule has 2 heterocycles. The summed E-state index contributed by atoms with van der Waals surface area (Å²) in [6.07, 6.45) is -0.159. The Morgan fingerprint density at radius 1 is 1.53 bits per heavy atom. The largest absolute Gasteiger partial charge is 0.394 e. The number of ether oxygens (including phenoxy) is 1. The van der Waals surface area contributed by atoms with Crippen molar-refractivity contribution in [1.29, 1.82) is 0 Å². The van der Waals surface area contributed by atoms with Crippen LogP contribution in [0, 0.1) is 0 Å². The van der Waals surface area contributed by atoms with Crippen molar-refractivity contribution in [2.75, 3.05) is 30.4 Å². The quantitative estimate of drug-likeness (QED) is 0.844. The summed E-state index contributed by atoms with van der Waals surface area (Å²) in [6.45, 7) is 7.52. The normalized spacial score (nSPS) is 24.2. The van der Waals surface area contributed by atoms with Gasteiger partial charge in [-0.1, -0.05) is 13.8 Å². The van der Waals surface area contributed by atoms with Crippen molar-refractivity contribution < 1.29 is 9.84 Å². The zero-order chi connectivity index (χ0) is 14.2. The Morgan fingerprint density at radius 3 is 2.74 bits per heavy atom. The molecule has 1 aromatic rings. The van der Waals surface area contributed by atoms with Crippen LogP contribution < -0.4 is 10.6 Å². The number of hydrogen-bond acceptors (Lipinski definition) is 5. The number of nitrogens with two attached hydrogens (primary N) is 1. The maximum absolute atomic E-state index is 9.27. The van der Waals surface area contributed by atoms with Crippen LogP contribution in [0.15, 0.2) is 0 Å². The Balaban J connectivity index is 2.34. The fourth-order valence-corrected chi connectivity index (χ4v) is 2.54. The van der Waals surface area contributed by atoms with Crippen molar-refractivity contribution in [3.63, 3.8) is 0 Å². The van der Waals surface area contributed by atoms with Gasteiger partial charge in [0.25, 0.3) is 0 Å². The lowest BCUT2D eigenvalue weighted by Gasteiger charge is -2.38. The SMILES string of the molecule is CC(C)c1nn(C)c(N2CC(CO)OCC2C)c1N. The van der Waals surface area contributed by atoms with Crippen molar-refractivity contribution in [3.05, 3.63) is 5.69 Å². The molecule has 1 saturated heterocycles. The zero-order valence-electron chi connectivity index (χ0n) is 12.1. The van der Waals surface area contributed by atoms with Crippen molar-refractivity contribution in [1.82, 2.24) is 9.78 Å². The van der Waals surface area contributed by atoms with Crippen molar-refractivity contribution >= 4 is 11.5 Å². The minimum Gasteiger partial charge on any atom is -0.394 e. The van der Waals surface area contributed by atoms with Crippen LogP contribution in [0.5, 0.6) is 0 Å². The van der Waals surface area contributed by atoms with Crippen LogP contribution in [0.25, 0.3) is 0 Å². The third-order valence-corrected chi connectivity index (χ3v) is 3.61. The van der Waals surface area contributed by atoms with Crippen molar-refractivity contribution in [2.24, 2.45) is 7.05 Å². The van der Waals surface area contributed by atoms with Gasteiger partial charge >= 0.3 is 0 Å². The molecule has 1 aliphatic rings. The number of hydrogen-bond donors (Lipinski definition) is 2. The number of aryl methyl sites for hydroxylation is 1. The highest BCUT2D eigenvalue weighted by molar-refractivity contribution is 5.67. The molecule has 0 aromatic carbocycles. The molecule has 1 aliphatic heterocycles. The van der Waals surface area contributed by atoms with Crippen LogP contribution in [0.3, 0.4) is 0 Å². The summed E-state index contributed by atoms with van der Waals surface area (Å²) in [5, 5.41) is 13.8. The molecule has 1 aromatic heterocycles. The first kappa shape index (κ1) is 14.1. The summed E-state index contributed by atoms with van der Waals surface area (Å²) in [4.78, 5) is 2.18. The van der Waals surface area contributed by atoms with E-state index in [0.29, 0.717) is 19.1 Å². The first-order chi connectivity index (χ1) is 8.95. The van der Waals surface area contributed by atoms with Gasteiger partial charge in [0.1, 0.15) is 0 Å². The summed E-state index contributed by atoms with van der Waals surface area (Å²) in [5.41, 5.74) is 7.92. The molecule has 0 saturated carbocycles. The van der Waals surface area contributed by atoms with E-state index in [1.54, 1.807) is 0 Å². The highest BCUT2D eigenvalue weighted by atomic mass is 16.5. The van der Waals surface area contributed by atoms with E-state index in [1.807, 2.05) is 11.7 Å². The van der Waals surface area contributed by atoms with E-state index in [4.69, 9.17) is 10.5 Å². The molecule has 2 unspecified atom stereocenters. The number of anilines is 2. The lowest BCUT2D eigenvalue weighted by atomic mass is 10.1. The van der Waals surface area contributed by atoms with Gasteiger partial charge in [-0.25, -0.2) is 0 Å². The molecule has 6 nitrogen and oxygen atoms in total. The number of aromatic nitrogens is 2. The molecular formula is C13H24N4O2. The van der Waals surface area contributed by atoms with Crippen LogP contribution >= 0.6 is 0 Å². The molecule has 3 N–H and O–H groups in total. The number of morpholine rings is 1. The van der Waals surface area contributed by atoms with Gasteiger partial charge in [0.2, 0.25) is 0 Å². The van der Waals surface area contributed by atoms with Crippen LogP contribution in [0.4, 0.5) is 11.5 Å². The van der Waals surface area contributed by atoms with E-state index in [0.717, 1.165) is 17.2 Å². The molecule has 2 rings (SSSR count). The van der Waals surface area contributed by atoms with Gasteiger partial charge in [-0.2, -0.15) is 5.10 Å². The lowest BCUT2D eigenvalue weighted by Crippen LogP contribution is -2.50. The number of rotatable bonds is 3. The Morgan fingerprint density at radius 2 is 2.21 bits per heavy atom. The van der Waals surface area contributed by atoms with Gasteiger partial charge in [0.05, 0.1) is 36.7 Å². The second-order valence-corrected chi connectivity index (χ2v) is 5.54. The summed E-state index contributed by atoms with van der Waals surface area (Å²) in [6, 6.07) is 0.223. The molecule has 2 atom stereocenters. The van der Waals surface area contributed by atoms with Crippen LogP contribution in [0.1, 0.15) is 32.4 Å². The van der Waals surface area contributed by atoms with E-state index < -0.39 is 0 Å². The molecule has 0 aliphatic carbocycles. The number of nitrogen functional groups attached to an aromatic ring is 1. The third kappa shape index (κ3) is 2.55. The highest BCUT2D eigenvalue weighted by Crippen LogP contribution is 2.33. The molecular weight excluding hydrogens is 244 g/mol. The average molecular weight is 268 g/mol. The van der Waals surface area contributed by atoms with Gasteiger partial charge in [0, 0.05) is 13.6 Å². The van der Waals surface area contributed by atoms with E-state index >= 15 is 0 Å². The van der Waals surface area contributed by atoms with Crippen molar-refractivity contribution in [3.8, 4) is 0 Å². The topological polar surface area (TPSA) is 76.5 Å². The predicted molar refractivity (Wildman–Crippen MR) is 75.3 cm³/mol. The van der Waals surface area contributed by atoms with Gasteiger partial charge in [-0.15, -0.1) is 0 Å². The summed E-state index contributed by atoms with van der Waals surface area (Å²) >= 11 is 0. The second kappa shape index (κ2) is 5.38. The molecule has 0 spiro atoms. The van der Waals surface area contributed by atoms with Gasteiger partial charge in [-0.3, -0.25) is 4.68 Å². The molecule has 6 heteroatoms. The Kier molecular flexibility index (Phi) is 4.01. The van der Waals surface area contributed by atoms with E-state index in [2.05, 4.69) is 30.8 Å². The summed E-state index contributed by atoms with van der Waals surface area (Å²) < 4.78 is 7.40.